The number of rotatable bonds is 3. The van der Waals surface area contributed by atoms with E-state index in [1.54, 1.807) is 24.4 Å². The number of benzene rings is 2. The molecule has 5 heteroatoms. The van der Waals surface area contributed by atoms with Gasteiger partial charge >= 0.3 is 6.03 Å². The van der Waals surface area contributed by atoms with Gasteiger partial charge in [-0.1, -0.05) is 59.1 Å². The van der Waals surface area contributed by atoms with Gasteiger partial charge in [-0.15, -0.1) is 0 Å². The third-order valence-electron chi connectivity index (χ3n) is 2.73. The number of aryl methyl sites for hydroxylation is 1. The van der Waals surface area contributed by atoms with Gasteiger partial charge in [-0.05, 0) is 30.7 Å². The summed E-state index contributed by atoms with van der Waals surface area (Å²) in [5.41, 5.74) is 2.63. The quantitative estimate of drug-likeness (QED) is 0.812. The van der Waals surface area contributed by atoms with Gasteiger partial charge in [0.1, 0.15) is 0 Å². The highest BCUT2D eigenvalue weighted by molar-refractivity contribution is 6.43. The van der Waals surface area contributed by atoms with E-state index in [1.165, 1.54) is 0 Å². The van der Waals surface area contributed by atoms with Crippen molar-refractivity contribution >= 4 is 41.0 Å². The van der Waals surface area contributed by atoms with Crippen molar-refractivity contribution in [1.29, 1.82) is 0 Å². The zero-order valence-corrected chi connectivity index (χ0v) is 12.9. The van der Waals surface area contributed by atoms with Crippen LogP contribution in [0.15, 0.2) is 48.7 Å². The maximum absolute atomic E-state index is 11.8. The molecule has 0 bridgehead atoms. The van der Waals surface area contributed by atoms with E-state index in [0.29, 0.717) is 15.7 Å². The first-order chi connectivity index (χ1) is 10.1. The molecule has 0 radical (unpaired) electrons. The van der Waals surface area contributed by atoms with Crippen molar-refractivity contribution in [1.82, 2.24) is 5.32 Å². The summed E-state index contributed by atoms with van der Waals surface area (Å²) < 4.78 is 0. The van der Waals surface area contributed by atoms with Crippen molar-refractivity contribution in [2.45, 2.75) is 6.92 Å². The molecule has 0 atom stereocenters. The number of urea groups is 1. The number of amides is 2. The van der Waals surface area contributed by atoms with Crippen molar-refractivity contribution in [2.24, 2.45) is 0 Å². The number of hydrogen-bond donors (Lipinski definition) is 2. The summed E-state index contributed by atoms with van der Waals surface area (Å²) in [6.07, 6.45) is 3.38. The lowest BCUT2D eigenvalue weighted by atomic mass is 10.1. The molecule has 0 saturated carbocycles. The van der Waals surface area contributed by atoms with Crippen molar-refractivity contribution in [2.75, 3.05) is 5.32 Å². The Morgan fingerprint density at radius 1 is 1.14 bits per heavy atom. The van der Waals surface area contributed by atoms with Gasteiger partial charge in [-0.25, -0.2) is 4.79 Å². The number of hydrogen-bond acceptors (Lipinski definition) is 1. The van der Waals surface area contributed by atoms with E-state index < -0.39 is 0 Å². The van der Waals surface area contributed by atoms with E-state index in [2.05, 4.69) is 10.6 Å². The van der Waals surface area contributed by atoms with Gasteiger partial charge in [-0.3, -0.25) is 0 Å². The second kappa shape index (κ2) is 7.16. The molecule has 0 spiro atoms. The SMILES string of the molecule is Cc1cccc(/C=C/NC(=O)Nc2cccc(Cl)c2Cl)c1. The van der Waals surface area contributed by atoms with Gasteiger partial charge < -0.3 is 10.6 Å². The fourth-order valence-corrected chi connectivity index (χ4v) is 2.09. The monoisotopic (exact) mass is 320 g/mol. The summed E-state index contributed by atoms with van der Waals surface area (Å²) in [5.74, 6) is 0. The summed E-state index contributed by atoms with van der Waals surface area (Å²) in [6, 6.07) is 12.6. The fraction of sp³-hybridized carbons (Fsp3) is 0.0625. The van der Waals surface area contributed by atoms with E-state index in [-0.39, 0.29) is 6.03 Å². The lowest BCUT2D eigenvalue weighted by Gasteiger charge is -2.07. The first kappa shape index (κ1) is 15.4. The molecule has 0 heterocycles. The van der Waals surface area contributed by atoms with Crippen LogP contribution < -0.4 is 10.6 Å². The zero-order chi connectivity index (χ0) is 15.2. The lowest BCUT2D eigenvalue weighted by molar-refractivity contribution is 0.255. The minimum Gasteiger partial charge on any atom is -0.314 e. The normalized spacial score (nSPS) is 10.6. The third-order valence-corrected chi connectivity index (χ3v) is 3.55. The van der Waals surface area contributed by atoms with Gasteiger partial charge in [0, 0.05) is 6.20 Å². The van der Waals surface area contributed by atoms with Crippen LogP contribution in [-0.4, -0.2) is 6.03 Å². The van der Waals surface area contributed by atoms with E-state index in [9.17, 15) is 4.79 Å². The van der Waals surface area contributed by atoms with Gasteiger partial charge in [0.05, 0.1) is 15.7 Å². The van der Waals surface area contributed by atoms with Gasteiger partial charge in [-0.2, -0.15) is 0 Å². The molecule has 2 amide bonds. The highest BCUT2D eigenvalue weighted by atomic mass is 35.5. The number of carbonyl (C=O) groups excluding carboxylic acids is 1. The maximum atomic E-state index is 11.8. The first-order valence-electron chi connectivity index (χ1n) is 6.31. The molecule has 2 aromatic carbocycles. The van der Waals surface area contributed by atoms with E-state index >= 15 is 0 Å². The Labute approximate surface area is 133 Å². The van der Waals surface area contributed by atoms with Crippen LogP contribution in [0.5, 0.6) is 0 Å². The second-order valence-corrected chi connectivity index (χ2v) is 5.23. The molecule has 0 aliphatic carbocycles. The summed E-state index contributed by atoms with van der Waals surface area (Å²) in [7, 11) is 0. The van der Waals surface area contributed by atoms with Crippen LogP contribution in [-0.2, 0) is 0 Å². The van der Waals surface area contributed by atoms with Crippen LogP contribution in [0.25, 0.3) is 6.08 Å². The Morgan fingerprint density at radius 3 is 2.67 bits per heavy atom. The van der Waals surface area contributed by atoms with Gasteiger partial charge in [0.25, 0.3) is 0 Å². The molecule has 108 valence electrons. The predicted molar refractivity (Wildman–Crippen MR) is 88.8 cm³/mol. The Bertz CT molecular complexity index is 684. The predicted octanol–water partition coefficient (Wildman–Crippen LogP) is 5.09. The van der Waals surface area contributed by atoms with Crippen molar-refractivity contribution in [3.63, 3.8) is 0 Å². The average Bonchev–Trinajstić information content (AvgIpc) is 2.44. The molecular weight excluding hydrogens is 307 g/mol. The fourth-order valence-electron chi connectivity index (χ4n) is 1.75. The van der Waals surface area contributed by atoms with Crippen molar-refractivity contribution in [3.05, 3.63) is 69.8 Å². The molecule has 0 saturated heterocycles. The molecule has 21 heavy (non-hydrogen) atoms. The van der Waals surface area contributed by atoms with Crippen molar-refractivity contribution < 1.29 is 4.79 Å². The Kier molecular flexibility index (Phi) is 5.26. The molecule has 2 rings (SSSR count). The number of carbonyl (C=O) groups is 1. The minimum atomic E-state index is -0.386. The topological polar surface area (TPSA) is 41.1 Å². The van der Waals surface area contributed by atoms with E-state index in [1.807, 2.05) is 37.3 Å². The van der Waals surface area contributed by atoms with E-state index in [0.717, 1.165) is 11.1 Å². The zero-order valence-electron chi connectivity index (χ0n) is 11.4. The maximum Gasteiger partial charge on any atom is 0.323 e. The Hall–Kier alpha value is -1.97. The lowest BCUT2D eigenvalue weighted by Crippen LogP contribution is -2.23. The number of nitrogens with one attached hydrogen (secondary N) is 2. The van der Waals surface area contributed by atoms with Crippen LogP contribution >= 0.6 is 23.2 Å². The summed E-state index contributed by atoms with van der Waals surface area (Å²) in [5, 5.41) is 5.95. The van der Waals surface area contributed by atoms with Gasteiger partial charge in [0.15, 0.2) is 0 Å². The van der Waals surface area contributed by atoms with E-state index in [4.69, 9.17) is 23.2 Å². The molecule has 0 fully saturated rings. The van der Waals surface area contributed by atoms with Gasteiger partial charge in [0.2, 0.25) is 0 Å². The van der Waals surface area contributed by atoms with Crippen molar-refractivity contribution in [3.8, 4) is 0 Å². The molecular formula is C16H14Cl2N2O. The van der Waals surface area contributed by atoms with Crippen LogP contribution in [0.2, 0.25) is 10.0 Å². The first-order valence-corrected chi connectivity index (χ1v) is 7.06. The number of anilines is 1. The molecule has 0 aliphatic rings. The molecule has 2 N–H and O–H groups in total. The highest BCUT2D eigenvalue weighted by Gasteiger charge is 2.06. The highest BCUT2D eigenvalue weighted by Crippen LogP contribution is 2.29. The average molecular weight is 321 g/mol. The standard InChI is InChI=1S/C16H14Cl2N2O/c1-11-4-2-5-12(10-11)8-9-19-16(21)20-14-7-3-6-13(17)15(14)18/h2-10H,1H3,(H2,19,20,21)/b9-8+. The second-order valence-electron chi connectivity index (χ2n) is 4.45. The Morgan fingerprint density at radius 2 is 1.90 bits per heavy atom. The van der Waals surface area contributed by atoms with Crippen LogP contribution in [0.3, 0.4) is 0 Å². The largest absolute Gasteiger partial charge is 0.323 e. The summed E-state index contributed by atoms with van der Waals surface area (Å²) in [4.78, 5) is 11.8. The van der Waals surface area contributed by atoms with Crippen LogP contribution in [0.4, 0.5) is 10.5 Å². The molecule has 2 aromatic rings. The summed E-state index contributed by atoms with van der Waals surface area (Å²) >= 11 is 11.9. The Balaban J connectivity index is 1.95. The van der Waals surface area contributed by atoms with Crippen LogP contribution in [0.1, 0.15) is 11.1 Å². The molecule has 3 nitrogen and oxygen atoms in total. The van der Waals surface area contributed by atoms with Crippen LogP contribution in [0, 0.1) is 6.92 Å². The summed E-state index contributed by atoms with van der Waals surface area (Å²) in [6.45, 7) is 2.01. The minimum absolute atomic E-state index is 0.317. The molecule has 0 aromatic heterocycles. The third kappa shape index (κ3) is 4.52. The smallest absolute Gasteiger partial charge is 0.314 e. The number of halogens is 2. The molecule has 0 aliphatic heterocycles. The molecule has 0 unspecified atom stereocenters.